The van der Waals surface area contributed by atoms with E-state index in [9.17, 15) is 9.18 Å². The predicted octanol–water partition coefficient (Wildman–Crippen LogP) is 3.31. The summed E-state index contributed by atoms with van der Waals surface area (Å²) in [5, 5.41) is 0. The number of halogens is 1. The van der Waals surface area contributed by atoms with Crippen molar-refractivity contribution in [2.24, 2.45) is 0 Å². The average molecular weight is 361 g/mol. The van der Waals surface area contributed by atoms with Gasteiger partial charge in [0.1, 0.15) is 18.1 Å². The van der Waals surface area contributed by atoms with E-state index in [0.717, 1.165) is 17.1 Å². The number of carbonyl (C=O) groups excluding carboxylic acids is 1. The number of hydrogen-bond acceptors (Lipinski definition) is 4. The number of nitrogens with zero attached hydrogens (tertiary/aromatic N) is 1. The molecular formula is C20H24FNO4. The molecule has 6 heteroatoms. The molecule has 0 saturated carbocycles. The van der Waals surface area contributed by atoms with Crippen LogP contribution < -0.4 is 14.2 Å². The highest BCUT2D eigenvalue weighted by atomic mass is 19.1. The molecule has 0 saturated heterocycles. The van der Waals surface area contributed by atoms with Gasteiger partial charge in [0, 0.05) is 13.5 Å². The summed E-state index contributed by atoms with van der Waals surface area (Å²) >= 11 is 0. The fraction of sp³-hybridized carbons (Fsp3) is 0.350. The molecule has 0 aliphatic rings. The number of methoxy groups -OCH3 is 2. The highest BCUT2D eigenvalue weighted by Gasteiger charge is 2.10. The molecule has 5 nitrogen and oxygen atoms in total. The van der Waals surface area contributed by atoms with Crippen LogP contribution in [0.25, 0.3) is 0 Å². The van der Waals surface area contributed by atoms with Crippen LogP contribution >= 0.6 is 0 Å². The van der Waals surface area contributed by atoms with E-state index in [0.29, 0.717) is 26.0 Å². The molecule has 140 valence electrons. The molecule has 0 aliphatic carbocycles. The molecule has 0 unspecified atom stereocenters. The third-order valence-corrected chi connectivity index (χ3v) is 4.02. The van der Waals surface area contributed by atoms with Crippen LogP contribution in [0.3, 0.4) is 0 Å². The lowest BCUT2D eigenvalue weighted by Gasteiger charge is -2.17. The Bertz CT molecular complexity index is 718. The van der Waals surface area contributed by atoms with Crippen molar-refractivity contribution in [3.8, 4) is 17.2 Å². The number of aryl methyl sites for hydroxylation is 1. The van der Waals surface area contributed by atoms with Gasteiger partial charge in [0.05, 0.1) is 20.8 Å². The van der Waals surface area contributed by atoms with Gasteiger partial charge >= 0.3 is 0 Å². The SMILES string of the molecule is COc1ccc(OCCN(C)C(=O)CCc2ccc(OC)c(F)c2)cc1. The van der Waals surface area contributed by atoms with Gasteiger partial charge in [-0.25, -0.2) is 4.39 Å². The molecule has 2 rings (SSSR count). The monoisotopic (exact) mass is 361 g/mol. The Kier molecular flexibility index (Phi) is 7.26. The van der Waals surface area contributed by atoms with Crippen LogP contribution in [0.1, 0.15) is 12.0 Å². The first-order chi connectivity index (χ1) is 12.5. The van der Waals surface area contributed by atoms with E-state index in [4.69, 9.17) is 14.2 Å². The second kappa shape index (κ2) is 9.65. The fourth-order valence-corrected chi connectivity index (χ4v) is 2.40. The number of likely N-dealkylation sites (N-methyl/N-ethyl adjacent to an activating group) is 1. The van der Waals surface area contributed by atoms with Gasteiger partial charge in [-0.05, 0) is 48.4 Å². The Morgan fingerprint density at radius 3 is 2.35 bits per heavy atom. The molecule has 0 atom stereocenters. The molecule has 2 aromatic carbocycles. The number of benzene rings is 2. The van der Waals surface area contributed by atoms with E-state index in [1.54, 1.807) is 31.2 Å². The minimum absolute atomic E-state index is 0.0143. The molecule has 0 spiro atoms. The quantitative estimate of drug-likeness (QED) is 0.688. The molecule has 26 heavy (non-hydrogen) atoms. The molecule has 0 radical (unpaired) electrons. The Morgan fingerprint density at radius 1 is 1.04 bits per heavy atom. The van der Waals surface area contributed by atoms with Gasteiger partial charge < -0.3 is 19.1 Å². The van der Waals surface area contributed by atoms with Crippen molar-refractivity contribution in [3.63, 3.8) is 0 Å². The van der Waals surface area contributed by atoms with Crippen LogP contribution in [-0.4, -0.2) is 45.2 Å². The van der Waals surface area contributed by atoms with E-state index in [2.05, 4.69) is 0 Å². The lowest BCUT2D eigenvalue weighted by molar-refractivity contribution is -0.130. The van der Waals surface area contributed by atoms with E-state index in [-0.39, 0.29) is 11.7 Å². The first kappa shape index (κ1) is 19.6. The molecule has 1 amide bonds. The van der Waals surface area contributed by atoms with E-state index < -0.39 is 5.82 Å². The minimum atomic E-state index is -0.418. The highest BCUT2D eigenvalue weighted by Crippen LogP contribution is 2.19. The van der Waals surface area contributed by atoms with E-state index in [1.807, 2.05) is 24.3 Å². The number of hydrogen-bond donors (Lipinski definition) is 0. The fourth-order valence-electron chi connectivity index (χ4n) is 2.40. The summed E-state index contributed by atoms with van der Waals surface area (Å²) in [6.45, 7) is 0.869. The molecule has 0 aromatic heterocycles. The summed E-state index contributed by atoms with van der Waals surface area (Å²) in [4.78, 5) is 13.8. The zero-order chi connectivity index (χ0) is 18.9. The number of amides is 1. The minimum Gasteiger partial charge on any atom is -0.497 e. The van der Waals surface area contributed by atoms with Gasteiger partial charge in [-0.15, -0.1) is 0 Å². The van der Waals surface area contributed by atoms with Crippen molar-refractivity contribution < 1.29 is 23.4 Å². The topological polar surface area (TPSA) is 48.0 Å². The first-order valence-corrected chi connectivity index (χ1v) is 8.36. The maximum Gasteiger partial charge on any atom is 0.222 e. The summed E-state index contributed by atoms with van der Waals surface area (Å²) in [7, 11) is 4.76. The zero-order valence-electron chi connectivity index (χ0n) is 15.3. The van der Waals surface area contributed by atoms with Crippen molar-refractivity contribution in [3.05, 3.63) is 53.8 Å². The smallest absolute Gasteiger partial charge is 0.222 e. The highest BCUT2D eigenvalue weighted by molar-refractivity contribution is 5.76. The Balaban J connectivity index is 1.73. The van der Waals surface area contributed by atoms with Gasteiger partial charge in [0.15, 0.2) is 11.6 Å². The standard InChI is InChI=1S/C20H24FNO4/c1-22(12-13-26-17-8-6-16(24-2)7-9-17)20(23)11-5-15-4-10-19(25-3)18(21)14-15/h4,6-10,14H,5,11-13H2,1-3H3. The summed E-state index contributed by atoms with van der Waals surface area (Å²) in [5.74, 6) is 1.26. The third-order valence-electron chi connectivity index (χ3n) is 4.02. The van der Waals surface area contributed by atoms with Crippen LogP contribution in [-0.2, 0) is 11.2 Å². The molecular weight excluding hydrogens is 337 g/mol. The van der Waals surface area contributed by atoms with E-state index in [1.165, 1.54) is 13.2 Å². The van der Waals surface area contributed by atoms with Crippen LogP contribution in [0.4, 0.5) is 4.39 Å². The molecule has 0 N–H and O–H groups in total. The lowest BCUT2D eigenvalue weighted by atomic mass is 10.1. The van der Waals surface area contributed by atoms with Gasteiger partial charge in [-0.1, -0.05) is 6.07 Å². The van der Waals surface area contributed by atoms with Crippen molar-refractivity contribution >= 4 is 5.91 Å². The maximum absolute atomic E-state index is 13.7. The molecule has 0 fully saturated rings. The van der Waals surface area contributed by atoms with Crippen molar-refractivity contribution in [2.75, 3.05) is 34.4 Å². The summed E-state index contributed by atoms with van der Waals surface area (Å²) in [5.41, 5.74) is 0.763. The van der Waals surface area contributed by atoms with Crippen molar-refractivity contribution in [1.29, 1.82) is 0 Å². The predicted molar refractivity (Wildman–Crippen MR) is 97.4 cm³/mol. The second-order valence-electron chi connectivity index (χ2n) is 5.81. The molecule has 0 heterocycles. The normalized spacial score (nSPS) is 10.3. The Morgan fingerprint density at radius 2 is 1.73 bits per heavy atom. The van der Waals surface area contributed by atoms with Gasteiger partial charge in [0.25, 0.3) is 0 Å². The van der Waals surface area contributed by atoms with Crippen LogP contribution in [0, 0.1) is 5.82 Å². The van der Waals surface area contributed by atoms with Crippen LogP contribution in [0.5, 0.6) is 17.2 Å². The Hall–Kier alpha value is -2.76. The first-order valence-electron chi connectivity index (χ1n) is 8.36. The lowest BCUT2D eigenvalue weighted by Crippen LogP contribution is -2.31. The molecule has 0 bridgehead atoms. The van der Waals surface area contributed by atoms with Gasteiger partial charge in [0.2, 0.25) is 5.91 Å². The summed E-state index contributed by atoms with van der Waals surface area (Å²) in [6.07, 6.45) is 0.786. The Labute approximate surface area is 153 Å². The molecule has 0 aliphatic heterocycles. The second-order valence-corrected chi connectivity index (χ2v) is 5.81. The van der Waals surface area contributed by atoms with Gasteiger partial charge in [-0.2, -0.15) is 0 Å². The zero-order valence-corrected chi connectivity index (χ0v) is 15.3. The van der Waals surface area contributed by atoms with Crippen molar-refractivity contribution in [1.82, 2.24) is 4.90 Å². The molecule has 2 aromatic rings. The van der Waals surface area contributed by atoms with Crippen LogP contribution in [0.15, 0.2) is 42.5 Å². The largest absolute Gasteiger partial charge is 0.497 e. The summed E-state index contributed by atoms with van der Waals surface area (Å²) < 4.78 is 29.3. The van der Waals surface area contributed by atoms with Gasteiger partial charge in [-0.3, -0.25) is 4.79 Å². The summed E-state index contributed by atoms with van der Waals surface area (Å²) in [6, 6.07) is 12.0. The third kappa shape index (κ3) is 5.65. The van der Waals surface area contributed by atoms with Crippen molar-refractivity contribution in [2.45, 2.75) is 12.8 Å². The number of carbonyl (C=O) groups is 1. The van der Waals surface area contributed by atoms with Crippen LogP contribution in [0.2, 0.25) is 0 Å². The average Bonchev–Trinajstić information content (AvgIpc) is 2.66. The maximum atomic E-state index is 13.7. The van der Waals surface area contributed by atoms with E-state index >= 15 is 0 Å². The number of rotatable bonds is 9. The number of ether oxygens (including phenoxy) is 3.